The SMILES string of the molecule is N#CCC1=C(CC#N)c2cc(Br)ccc2Oc2ccccc21. The summed E-state index contributed by atoms with van der Waals surface area (Å²) in [6.07, 6.45) is 0.474. The zero-order valence-corrected chi connectivity index (χ0v) is 13.2. The molecule has 4 heteroatoms. The minimum absolute atomic E-state index is 0.234. The summed E-state index contributed by atoms with van der Waals surface area (Å²) in [6, 6.07) is 17.8. The molecule has 3 rings (SSSR count). The van der Waals surface area contributed by atoms with Crippen LogP contribution in [0, 0.1) is 22.7 Å². The lowest BCUT2D eigenvalue weighted by Crippen LogP contribution is -1.91. The van der Waals surface area contributed by atoms with Crippen LogP contribution in [0.15, 0.2) is 46.9 Å². The van der Waals surface area contributed by atoms with Gasteiger partial charge in [0.15, 0.2) is 0 Å². The van der Waals surface area contributed by atoms with E-state index in [-0.39, 0.29) is 12.8 Å². The first-order valence-electron chi connectivity index (χ1n) is 6.77. The molecule has 0 spiro atoms. The van der Waals surface area contributed by atoms with Crippen molar-refractivity contribution in [3.63, 3.8) is 0 Å². The Morgan fingerprint density at radius 2 is 1.50 bits per heavy atom. The van der Waals surface area contributed by atoms with Crippen LogP contribution in [0.5, 0.6) is 11.5 Å². The van der Waals surface area contributed by atoms with E-state index in [1.54, 1.807) is 0 Å². The fraction of sp³-hybridized carbons (Fsp3) is 0.111. The van der Waals surface area contributed by atoms with Crippen LogP contribution < -0.4 is 4.74 Å². The minimum Gasteiger partial charge on any atom is -0.456 e. The Morgan fingerprint density at radius 3 is 2.23 bits per heavy atom. The number of allylic oxidation sites excluding steroid dienone is 2. The summed E-state index contributed by atoms with van der Waals surface area (Å²) < 4.78 is 6.94. The van der Waals surface area contributed by atoms with Gasteiger partial charge in [0.25, 0.3) is 0 Å². The molecule has 0 saturated heterocycles. The predicted molar refractivity (Wildman–Crippen MR) is 87.9 cm³/mol. The number of hydrogen-bond acceptors (Lipinski definition) is 3. The molecular weight excluding hydrogens is 340 g/mol. The van der Waals surface area contributed by atoms with Crippen LogP contribution in [0.4, 0.5) is 0 Å². The Hall–Kier alpha value is -2.56. The van der Waals surface area contributed by atoms with Crippen LogP contribution in [0.25, 0.3) is 11.1 Å². The van der Waals surface area contributed by atoms with E-state index < -0.39 is 0 Å². The summed E-state index contributed by atoms with van der Waals surface area (Å²) in [5.74, 6) is 1.41. The molecule has 0 aromatic heterocycles. The molecule has 106 valence electrons. The summed E-state index contributed by atoms with van der Waals surface area (Å²) in [6.45, 7) is 0. The number of nitriles is 2. The monoisotopic (exact) mass is 350 g/mol. The number of nitrogens with zero attached hydrogens (tertiary/aromatic N) is 2. The molecule has 0 fully saturated rings. The highest BCUT2D eigenvalue weighted by Crippen LogP contribution is 2.45. The zero-order valence-electron chi connectivity index (χ0n) is 11.6. The number of ether oxygens (including phenoxy) is 1. The predicted octanol–water partition coefficient (Wildman–Crippen LogP) is 5.29. The van der Waals surface area contributed by atoms with Gasteiger partial charge in [-0.05, 0) is 35.4 Å². The molecule has 0 aliphatic carbocycles. The van der Waals surface area contributed by atoms with Crippen molar-refractivity contribution in [2.75, 3.05) is 0 Å². The number of para-hydroxylation sites is 1. The van der Waals surface area contributed by atoms with Crippen LogP contribution >= 0.6 is 15.9 Å². The average molecular weight is 351 g/mol. The van der Waals surface area contributed by atoms with Crippen molar-refractivity contribution < 1.29 is 4.74 Å². The molecule has 1 aliphatic heterocycles. The molecule has 0 N–H and O–H groups in total. The van der Waals surface area contributed by atoms with Gasteiger partial charge in [0.2, 0.25) is 0 Å². The quantitative estimate of drug-likeness (QED) is 0.738. The second-order valence-corrected chi connectivity index (χ2v) is 5.78. The molecule has 0 amide bonds. The molecule has 2 aromatic rings. The van der Waals surface area contributed by atoms with Crippen LogP contribution in [0.2, 0.25) is 0 Å². The number of rotatable bonds is 2. The Kier molecular flexibility index (Phi) is 3.96. The molecule has 3 nitrogen and oxygen atoms in total. The topological polar surface area (TPSA) is 56.8 Å². The molecule has 2 aromatic carbocycles. The largest absolute Gasteiger partial charge is 0.456 e. The number of benzene rings is 2. The van der Waals surface area contributed by atoms with Gasteiger partial charge < -0.3 is 4.74 Å². The van der Waals surface area contributed by atoms with E-state index in [1.165, 1.54) is 0 Å². The maximum absolute atomic E-state index is 9.22. The lowest BCUT2D eigenvalue weighted by atomic mass is 9.91. The van der Waals surface area contributed by atoms with Gasteiger partial charge in [0.1, 0.15) is 11.5 Å². The van der Waals surface area contributed by atoms with E-state index in [0.717, 1.165) is 26.7 Å². The van der Waals surface area contributed by atoms with Crippen molar-refractivity contribution in [1.82, 2.24) is 0 Å². The van der Waals surface area contributed by atoms with Crippen molar-refractivity contribution in [1.29, 1.82) is 10.5 Å². The zero-order chi connectivity index (χ0) is 15.5. The van der Waals surface area contributed by atoms with Crippen LogP contribution in [0.3, 0.4) is 0 Å². The third-order valence-electron chi connectivity index (χ3n) is 3.57. The molecule has 0 radical (unpaired) electrons. The standard InChI is InChI=1S/C18H11BrN2O/c19-12-5-6-18-16(11-12)14(8-10-21)13(7-9-20)15-3-1-2-4-17(15)22-18/h1-6,11H,7-8H2. The summed E-state index contributed by atoms with van der Waals surface area (Å²) >= 11 is 3.46. The van der Waals surface area contributed by atoms with E-state index >= 15 is 0 Å². The third kappa shape index (κ3) is 2.50. The van der Waals surface area contributed by atoms with Gasteiger partial charge >= 0.3 is 0 Å². The highest BCUT2D eigenvalue weighted by molar-refractivity contribution is 9.10. The summed E-state index contributed by atoms with van der Waals surface area (Å²) in [5.41, 5.74) is 3.45. The molecule has 0 saturated carbocycles. The number of fused-ring (bicyclic) bond motifs is 2. The fourth-order valence-electron chi connectivity index (χ4n) is 2.64. The number of hydrogen-bond donors (Lipinski definition) is 0. The van der Waals surface area contributed by atoms with Crippen molar-refractivity contribution in [2.45, 2.75) is 12.8 Å². The van der Waals surface area contributed by atoms with Gasteiger partial charge in [-0.15, -0.1) is 0 Å². The van der Waals surface area contributed by atoms with Gasteiger partial charge in [0, 0.05) is 15.6 Å². The lowest BCUT2D eigenvalue weighted by Gasteiger charge is -2.10. The van der Waals surface area contributed by atoms with E-state index in [0.29, 0.717) is 11.5 Å². The molecule has 0 atom stereocenters. The first-order valence-corrected chi connectivity index (χ1v) is 7.57. The molecular formula is C18H11BrN2O. The Balaban J connectivity index is 2.36. The van der Waals surface area contributed by atoms with Crippen molar-refractivity contribution in [2.24, 2.45) is 0 Å². The van der Waals surface area contributed by atoms with Crippen molar-refractivity contribution >= 4 is 27.1 Å². The normalized spacial score (nSPS) is 12.3. The first kappa shape index (κ1) is 14.4. The summed E-state index contributed by atoms with van der Waals surface area (Å²) in [4.78, 5) is 0. The number of halogens is 1. The van der Waals surface area contributed by atoms with E-state index in [2.05, 4.69) is 28.1 Å². The van der Waals surface area contributed by atoms with Crippen LogP contribution in [-0.4, -0.2) is 0 Å². The van der Waals surface area contributed by atoms with E-state index in [1.807, 2.05) is 42.5 Å². The maximum Gasteiger partial charge on any atom is 0.135 e. The molecule has 1 aliphatic rings. The van der Waals surface area contributed by atoms with Crippen LogP contribution in [-0.2, 0) is 0 Å². The molecule has 1 heterocycles. The second-order valence-electron chi connectivity index (χ2n) is 4.87. The molecule has 0 bridgehead atoms. The maximum atomic E-state index is 9.22. The van der Waals surface area contributed by atoms with Gasteiger partial charge in [-0.3, -0.25) is 0 Å². The van der Waals surface area contributed by atoms with Gasteiger partial charge in [-0.2, -0.15) is 10.5 Å². The lowest BCUT2D eigenvalue weighted by molar-refractivity contribution is 0.481. The highest BCUT2D eigenvalue weighted by atomic mass is 79.9. The fourth-order valence-corrected chi connectivity index (χ4v) is 3.00. The van der Waals surface area contributed by atoms with Gasteiger partial charge in [-0.1, -0.05) is 34.1 Å². The van der Waals surface area contributed by atoms with Crippen molar-refractivity contribution in [3.05, 3.63) is 58.1 Å². The van der Waals surface area contributed by atoms with Crippen molar-refractivity contribution in [3.8, 4) is 23.6 Å². The Morgan fingerprint density at radius 1 is 0.864 bits per heavy atom. The Labute approximate surface area is 137 Å². The molecule has 22 heavy (non-hydrogen) atoms. The smallest absolute Gasteiger partial charge is 0.135 e. The minimum atomic E-state index is 0.234. The van der Waals surface area contributed by atoms with E-state index in [9.17, 15) is 10.5 Å². The first-order chi connectivity index (χ1) is 10.7. The summed E-state index contributed by atoms with van der Waals surface area (Å²) in [7, 11) is 0. The van der Waals surface area contributed by atoms with E-state index in [4.69, 9.17) is 4.74 Å². The van der Waals surface area contributed by atoms with Crippen LogP contribution in [0.1, 0.15) is 24.0 Å². The van der Waals surface area contributed by atoms with Gasteiger partial charge in [-0.25, -0.2) is 0 Å². The van der Waals surface area contributed by atoms with Gasteiger partial charge in [0.05, 0.1) is 25.0 Å². The molecule has 0 unspecified atom stereocenters. The third-order valence-corrected chi connectivity index (χ3v) is 4.07. The highest BCUT2D eigenvalue weighted by Gasteiger charge is 2.22. The Bertz CT molecular complexity index is 856. The summed E-state index contributed by atoms with van der Waals surface area (Å²) in [5, 5.41) is 18.4. The second kappa shape index (κ2) is 6.05. The average Bonchev–Trinajstić information content (AvgIpc) is 2.64.